The molecule has 2 nitrogen and oxygen atoms in total. The summed E-state index contributed by atoms with van der Waals surface area (Å²) in [5.74, 6) is -0.0494. The first-order chi connectivity index (χ1) is 7.59. The number of piperidine rings is 1. The van der Waals surface area contributed by atoms with Crippen LogP contribution in [0.25, 0.3) is 0 Å². The zero-order valence-electron chi connectivity index (χ0n) is 9.42. The van der Waals surface area contributed by atoms with E-state index < -0.39 is 0 Å². The summed E-state index contributed by atoms with van der Waals surface area (Å²) >= 11 is 0. The average molecular weight is 221 g/mol. The second kappa shape index (κ2) is 4.24. The molecule has 0 aromatic heterocycles. The number of rotatable bonds is 2. The molecular weight excluding hydrogens is 205 g/mol. The lowest BCUT2D eigenvalue weighted by Crippen LogP contribution is -2.42. The van der Waals surface area contributed by atoms with Crippen molar-refractivity contribution >= 4 is 5.91 Å². The molecule has 3 heteroatoms. The fourth-order valence-electron chi connectivity index (χ4n) is 2.16. The first-order valence-corrected chi connectivity index (χ1v) is 5.59. The molecule has 1 aliphatic heterocycles. The van der Waals surface area contributed by atoms with Crippen LogP contribution in [0.1, 0.15) is 25.3 Å². The molecule has 16 heavy (non-hydrogen) atoms. The molecule has 1 aromatic carbocycles. The van der Waals surface area contributed by atoms with Gasteiger partial charge in [0.25, 0.3) is 0 Å². The van der Waals surface area contributed by atoms with Crippen molar-refractivity contribution in [1.29, 1.82) is 0 Å². The van der Waals surface area contributed by atoms with E-state index in [0.717, 1.165) is 12.0 Å². The van der Waals surface area contributed by atoms with Crippen LogP contribution in [0.15, 0.2) is 24.3 Å². The van der Waals surface area contributed by atoms with Gasteiger partial charge in [-0.1, -0.05) is 25.1 Å². The second-order valence-electron chi connectivity index (χ2n) is 4.86. The molecule has 0 aliphatic carbocycles. The molecule has 1 aliphatic rings. The highest BCUT2D eigenvalue weighted by Crippen LogP contribution is 2.30. The third kappa shape index (κ3) is 2.40. The molecule has 1 atom stereocenters. The van der Waals surface area contributed by atoms with Gasteiger partial charge in [0.2, 0.25) is 5.91 Å². The normalized spacial score (nSPS) is 25.2. The van der Waals surface area contributed by atoms with Gasteiger partial charge in [0, 0.05) is 13.0 Å². The Morgan fingerprint density at radius 3 is 2.81 bits per heavy atom. The van der Waals surface area contributed by atoms with Gasteiger partial charge in [0.1, 0.15) is 5.82 Å². The van der Waals surface area contributed by atoms with E-state index in [1.807, 2.05) is 12.1 Å². The molecule has 0 saturated carbocycles. The van der Waals surface area contributed by atoms with Crippen molar-refractivity contribution in [3.8, 4) is 0 Å². The SMILES string of the molecule is CC1(Cc2ccccc2F)CCC(=O)NC1. The Kier molecular flexibility index (Phi) is 2.95. The van der Waals surface area contributed by atoms with E-state index in [2.05, 4.69) is 12.2 Å². The standard InChI is InChI=1S/C13H16FNO/c1-13(7-6-12(16)15-9-13)8-10-4-2-3-5-11(10)14/h2-5H,6-9H2,1H3,(H,15,16). The predicted molar refractivity (Wildman–Crippen MR) is 60.5 cm³/mol. The van der Waals surface area contributed by atoms with Crippen LogP contribution in [-0.4, -0.2) is 12.5 Å². The third-order valence-electron chi connectivity index (χ3n) is 3.24. The van der Waals surface area contributed by atoms with Crippen molar-refractivity contribution in [1.82, 2.24) is 5.32 Å². The highest BCUT2D eigenvalue weighted by Gasteiger charge is 2.30. The lowest BCUT2D eigenvalue weighted by atomic mass is 9.77. The maximum Gasteiger partial charge on any atom is 0.220 e. The molecule has 0 bridgehead atoms. The van der Waals surface area contributed by atoms with E-state index in [9.17, 15) is 9.18 Å². The number of nitrogens with one attached hydrogen (secondary N) is 1. The highest BCUT2D eigenvalue weighted by molar-refractivity contribution is 5.76. The van der Waals surface area contributed by atoms with Crippen molar-refractivity contribution < 1.29 is 9.18 Å². The predicted octanol–water partition coefficient (Wildman–Crippen LogP) is 2.28. The van der Waals surface area contributed by atoms with Gasteiger partial charge in [-0.2, -0.15) is 0 Å². The van der Waals surface area contributed by atoms with Crippen LogP contribution in [0, 0.1) is 11.2 Å². The monoisotopic (exact) mass is 221 g/mol. The van der Waals surface area contributed by atoms with Crippen molar-refractivity contribution in [2.45, 2.75) is 26.2 Å². The van der Waals surface area contributed by atoms with Crippen LogP contribution in [0.3, 0.4) is 0 Å². The molecule has 1 N–H and O–H groups in total. The summed E-state index contributed by atoms with van der Waals surface area (Å²) in [4.78, 5) is 11.1. The fourth-order valence-corrected chi connectivity index (χ4v) is 2.16. The molecule has 1 aromatic rings. The van der Waals surface area contributed by atoms with E-state index in [-0.39, 0.29) is 17.1 Å². The first-order valence-electron chi connectivity index (χ1n) is 5.59. The van der Waals surface area contributed by atoms with E-state index in [0.29, 0.717) is 19.4 Å². The van der Waals surface area contributed by atoms with Gasteiger partial charge in [-0.05, 0) is 29.9 Å². The summed E-state index contributed by atoms with van der Waals surface area (Å²) in [7, 11) is 0. The van der Waals surface area contributed by atoms with E-state index in [1.54, 1.807) is 6.07 Å². The first kappa shape index (κ1) is 11.1. The summed E-state index contributed by atoms with van der Waals surface area (Å²) in [5, 5.41) is 2.85. The third-order valence-corrected chi connectivity index (χ3v) is 3.24. The van der Waals surface area contributed by atoms with Gasteiger partial charge in [-0.15, -0.1) is 0 Å². The average Bonchev–Trinajstić information content (AvgIpc) is 2.27. The number of hydrogen-bond donors (Lipinski definition) is 1. The summed E-state index contributed by atoms with van der Waals surface area (Å²) in [6, 6.07) is 6.85. The zero-order chi connectivity index (χ0) is 11.6. The van der Waals surface area contributed by atoms with Crippen molar-refractivity contribution in [2.24, 2.45) is 5.41 Å². The number of carbonyl (C=O) groups excluding carboxylic acids is 1. The maximum atomic E-state index is 13.5. The summed E-state index contributed by atoms with van der Waals surface area (Å²) in [6.07, 6.45) is 2.05. The molecule has 0 spiro atoms. The van der Waals surface area contributed by atoms with Crippen LogP contribution >= 0.6 is 0 Å². The topological polar surface area (TPSA) is 29.1 Å². The van der Waals surface area contributed by atoms with Crippen LogP contribution in [-0.2, 0) is 11.2 Å². The molecule has 1 unspecified atom stereocenters. The minimum atomic E-state index is -0.152. The Bertz CT molecular complexity index is 393. The Hall–Kier alpha value is -1.38. The summed E-state index contributed by atoms with van der Waals surface area (Å²) < 4.78 is 13.5. The van der Waals surface area contributed by atoms with Gasteiger partial charge < -0.3 is 5.32 Å². The highest BCUT2D eigenvalue weighted by atomic mass is 19.1. The van der Waals surface area contributed by atoms with Crippen LogP contribution in [0.4, 0.5) is 4.39 Å². The van der Waals surface area contributed by atoms with E-state index in [1.165, 1.54) is 6.07 Å². The smallest absolute Gasteiger partial charge is 0.220 e. The molecule has 0 radical (unpaired) electrons. The largest absolute Gasteiger partial charge is 0.356 e. The Morgan fingerprint density at radius 1 is 1.44 bits per heavy atom. The Morgan fingerprint density at radius 2 is 2.19 bits per heavy atom. The van der Waals surface area contributed by atoms with Gasteiger partial charge in [0.15, 0.2) is 0 Å². The number of carbonyl (C=O) groups is 1. The summed E-state index contributed by atoms with van der Waals surface area (Å²) in [6.45, 7) is 2.74. The zero-order valence-corrected chi connectivity index (χ0v) is 9.42. The molecule has 2 rings (SSSR count). The van der Waals surface area contributed by atoms with Crippen molar-refractivity contribution in [3.63, 3.8) is 0 Å². The summed E-state index contributed by atoms with van der Waals surface area (Å²) in [5.41, 5.74) is 0.719. The van der Waals surface area contributed by atoms with Gasteiger partial charge >= 0.3 is 0 Å². The lowest BCUT2D eigenvalue weighted by Gasteiger charge is -2.33. The second-order valence-corrected chi connectivity index (χ2v) is 4.86. The molecule has 1 fully saturated rings. The molecular formula is C13H16FNO. The molecule has 1 heterocycles. The molecule has 86 valence electrons. The van der Waals surface area contributed by atoms with Crippen LogP contribution in [0.2, 0.25) is 0 Å². The van der Waals surface area contributed by atoms with Crippen molar-refractivity contribution in [2.75, 3.05) is 6.54 Å². The van der Waals surface area contributed by atoms with E-state index >= 15 is 0 Å². The lowest BCUT2D eigenvalue weighted by molar-refractivity contribution is -0.124. The quantitative estimate of drug-likeness (QED) is 0.815. The molecule has 1 saturated heterocycles. The van der Waals surface area contributed by atoms with E-state index in [4.69, 9.17) is 0 Å². The maximum absolute atomic E-state index is 13.5. The number of halogens is 1. The minimum absolute atomic E-state index is 0.0178. The minimum Gasteiger partial charge on any atom is -0.356 e. The number of hydrogen-bond acceptors (Lipinski definition) is 1. The van der Waals surface area contributed by atoms with Gasteiger partial charge in [-0.25, -0.2) is 4.39 Å². The Balaban J connectivity index is 2.09. The van der Waals surface area contributed by atoms with Crippen LogP contribution < -0.4 is 5.32 Å². The van der Waals surface area contributed by atoms with Crippen LogP contribution in [0.5, 0.6) is 0 Å². The number of amides is 1. The van der Waals surface area contributed by atoms with Gasteiger partial charge in [-0.3, -0.25) is 4.79 Å². The van der Waals surface area contributed by atoms with Gasteiger partial charge in [0.05, 0.1) is 0 Å². The molecule has 1 amide bonds. The van der Waals surface area contributed by atoms with Crippen molar-refractivity contribution in [3.05, 3.63) is 35.6 Å². The fraction of sp³-hybridized carbons (Fsp3) is 0.462. The number of benzene rings is 1. The Labute approximate surface area is 94.9 Å².